The molecule has 8 heteroatoms. The van der Waals surface area contributed by atoms with Crippen LogP contribution in [0.3, 0.4) is 0 Å². The van der Waals surface area contributed by atoms with E-state index >= 15 is 0 Å². The maximum Gasteiger partial charge on any atom is 0.262 e. The third-order valence-corrected chi connectivity index (χ3v) is 6.76. The lowest BCUT2D eigenvalue weighted by Crippen LogP contribution is -2.33. The van der Waals surface area contributed by atoms with Gasteiger partial charge in [0.1, 0.15) is 0 Å². The van der Waals surface area contributed by atoms with E-state index in [1.54, 1.807) is 4.57 Å². The maximum absolute atomic E-state index is 13.2. The molecule has 4 aromatic rings. The van der Waals surface area contributed by atoms with Crippen molar-refractivity contribution in [3.63, 3.8) is 0 Å². The van der Waals surface area contributed by atoms with Crippen LogP contribution in [0.4, 0.5) is 0 Å². The van der Waals surface area contributed by atoms with E-state index in [9.17, 15) is 9.59 Å². The van der Waals surface area contributed by atoms with Crippen molar-refractivity contribution in [3.05, 3.63) is 70.5 Å². The van der Waals surface area contributed by atoms with Crippen LogP contribution in [-0.4, -0.2) is 30.3 Å². The van der Waals surface area contributed by atoms with Crippen LogP contribution in [0, 0.1) is 5.92 Å². The van der Waals surface area contributed by atoms with Crippen LogP contribution in [0.15, 0.2) is 64.5 Å². The van der Waals surface area contributed by atoms with Gasteiger partial charge in [-0.15, -0.1) is 10.2 Å². The summed E-state index contributed by atoms with van der Waals surface area (Å²) in [5.74, 6) is 0.883. The summed E-state index contributed by atoms with van der Waals surface area (Å²) in [6, 6.07) is 17.3. The third kappa shape index (κ3) is 4.80. The lowest BCUT2D eigenvalue weighted by atomic mass is 10.1. The van der Waals surface area contributed by atoms with E-state index in [0.717, 1.165) is 17.5 Å². The number of fused-ring (bicyclic) bond motifs is 3. The number of carbonyl (C=O) groups is 1. The first-order valence-corrected chi connectivity index (χ1v) is 12.1. The molecule has 7 nitrogen and oxygen atoms in total. The molecule has 172 valence electrons. The average molecular weight is 464 g/mol. The Hall–Kier alpha value is -3.13. The van der Waals surface area contributed by atoms with Crippen LogP contribution in [0.2, 0.25) is 0 Å². The molecule has 2 aromatic heterocycles. The highest BCUT2D eigenvalue weighted by Gasteiger charge is 2.22. The average Bonchev–Trinajstić information content (AvgIpc) is 3.22. The van der Waals surface area contributed by atoms with Gasteiger partial charge in [-0.2, -0.15) is 0 Å². The topological polar surface area (TPSA) is 81.3 Å². The number of para-hydroxylation sites is 1. The Morgan fingerprint density at radius 2 is 1.70 bits per heavy atom. The first-order chi connectivity index (χ1) is 15.9. The van der Waals surface area contributed by atoms with Gasteiger partial charge in [0.25, 0.3) is 5.56 Å². The summed E-state index contributed by atoms with van der Waals surface area (Å²) >= 11 is 1.34. The molecule has 33 heavy (non-hydrogen) atoms. The first-order valence-electron chi connectivity index (χ1n) is 11.3. The van der Waals surface area contributed by atoms with Crippen LogP contribution in [0.5, 0.6) is 0 Å². The molecule has 4 rings (SSSR count). The summed E-state index contributed by atoms with van der Waals surface area (Å²) in [5.41, 5.74) is 1.73. The molecular weight excluding hydrogens is 434 g/mol. The Morgan fingerprint density at radius 3 is 2.42 bits per heavy atom. The zero-order chi connectivity index (χ0) is 23.5. The van der Waals surface area contributed by atoms with Crippen LogP contribution < -0.4 is 10.9 Å². The molecule has 0 aliphatic heterocycles. The second-order valence-corrected chi connectivity index (χ2v) is 9.98. The van der Waals surface area contributed by atoms with E-state index in [2.05, 4.69) is 29.4 Å². The molecule has 2 atom stereocenters. The normalized spacial score (nSPS) is 13.5. The van der Waals surface area contributed by atoms with E-state index in [-0.39, 0.29) is 17.5 Å². The van der Waals surface area contributed by atoms with Gasteiger partial charge in [0.15, 0.2) is 5.16 Å². The highest BCUT2D eigenvalue weighted by Crippen LogP contribution is 2.26. The molecule has 0 saturated heterocycles. The Kier molecular flexibility index (Phi) is 6.83. The molecule has 0 spiro atoms. The zero-order valence-corrected chi connectivity index (χ0v) is 20.2. The monoisotopic (exact) mass is 463 g/mol. The van der Waals surface area contributed by atoms with Crippen molar-refractivity contribution < 1.29 is 4.79 Å². The lowest BCUT2D eigenvalue weighted by Gasteiger charge is -2.17. The number of carbonyl (C=O) groups excluding carboxylic acids is 1. The Balaban J connectivity index is 1.65. The molecule has 0 saturated carbocycles. The van der Waals surface area contributed by atoms with Crippen LogP contribution in [0.25, 0.3) is 16.7 Å². The summed E-state index contributed by atoms with van der Waals surface area (Å²) in [4.78, 5) is 26.1. The number of rotatable bonds is 8. The molecule has 1 amide bonds. The second-order valence-electron chi connectivity index (χ2n) is 8.68. The minimum Gasteiger partial charge on any atom is -0.349 e. The highest BCUT2D eigenvalue weighted by molar-refractivity contribution is 8.00. The van der Waals surface area contributed by atoms with Crippen molar-refractivity contribution in [1.29, 1.82) is 0 Å². The van der Waals surface area contributed by atoms with E-state index in [1.165, 1.54) is 11.8 Å². The molecule has 2 aromatic carbocycles. The minimum atomic E-state index is -0.390. The van der Waals surface area contributed by atoms with Crippen molar-refractivity contribution >= 4 is 34.3 Å². The molecule has 0 fully saturated rings. The quantitative estimate of drug-likeness (QED) is 0.391. The molecule has 2 heterocycles. The molecule has 0 radical (unpaired) electrons. The predicted molar refractivity (Wildman–Crippen MR) is 133 cm³/mol. The molecule has 0 bridgehead atoms. The highest BCUT2D eigenvalue weighted by atomic mass is 32.2. The lowest BCUT2D eigenvalue weighted by molar-refractivity contribution is -0.120. The Labute approximate surface area is 197 Å². The fourth-order valence-electron chi connectivity index (χ4n) is 3.77. The number of aromatic nitrogens is 4. The number of hydrogen-bond acceptors (Lipinski definition) is 5. The summed E-state index contributed by atoms with van der Waals surface area (Å²) in [7, 11) is 0. The molecule has 0 aliphatic rings. The predicted octanol–water partition coefficient (Wildman–Crippen LogP) is 4.45. The van der Waals surface area contributed by atoms with Crippen molar-refractivity contribution in [2.24, 2.45) is 5.92 Å². The van der Waals surface area contributed by atoms with Gasteiger partial charge in [-0.25, -0.2) is 0 Å². The number of aryl methyl sites for hydroxylation is 1. The third-order valence-electron chi connectivity index (χ3n) is 5.72. The molecule has 0 aliphatic carbocycles. The second kappa shape index (κ2) is 9.79. The SMILES string of the molecule is CC(C)CCn1c(=O)c2ccccc2n2c(SC(C)C(=O)NC(C)c3ccccc3)nnc12. The van der Waals surface area contributed by atoms with Crippen LogP contribution in [0.1, 0.15) is 45.7 Å². The number of hydrogen-bond donors (Lipinski definition) is 1. The summed E-state index contributed by atoms with van der Waals surface area (Å²) < 4.78 is 3.59. The van der Waals surface area contributed by atoms with Gasteiger partial charge in [-0.05, 0) is 43.9 Å². The largest absolute Gasteiger partial charge is 0.349 e. The molecule has 2 unspecified atom stereocenters. The van der Waals surface area contributed by atoms with Gasteiger partial charge in [0.05, 0.1) is 22.2 Å². The maximum atomic E-state index is 13.2. The summed E-state index contributed by atoms with van der Waals surface area (Å²) in [6.07, 6.45) is 0.861. The van der Waals surface area contributed by atoms with Crippen molar-refractivity contribution in [3.8, 4) is 0 Å². The van der Waals surface area contributed by atoms with Crippen LogP contribution in [-0.2, 0) is 11.3 Å². The van der Waals surface area contributed by atoms with Gasteiger partial charge >= 0.3 is 0 Å². The Morgan fingerprint density at radius 1 is 1.00 bits per heavy atom. The van der Waals surface area contributed by atoms with E-state index in [0.29, 0.717) is 28.8 Å². The zero-order valence-electron chi connectivity index (χ0n) is 19.4. The minimum absolute atomic E-state index is 0.0647. The Bertz CT molecular complexity index is 1330. The number of benzene rings is 2. The summed E-state index contributed by atoms with van der Waals surface area (Å²) in [6.45, 7) is 8.66. The van der Waals surface area contributed by atoms with Gasteiger partial charge < -0.3 is 5.32 Å². The standard InChI is InChI=1S/C25H29N5O2S/c1-16(2)14-15-29-23(32)20-12-8-9-13-21(20)30-24(29)27-28-25(30)33-18(4)22(31)26-17(3)19-10-6-5-7-11-19/h5-13,16-18H,14-15H2,1-4H3,(H,26,31). The van der Waals surface area contributed by atoms with Gasteiger partial charge in [0, 0.05) is 6.54 Å². The fraction of sp³-hybridized carbons (Fsp3) is 0.360. The van der Waals surface area contributed by atoms with Crippen molar-refractivity contribution in [1.82, 2.24) is 24.5 Å². The van der Waals surface area contributed by atoms with E-state index in [1.807, 2.05) is 72.8 Å². The molecular formula is C25H29N5O2S. The molecule has 1 N–H and O–H groups in total. The van der Waals surface area contributed by atoms with Crippen molar-refractivity contribution in [2.75, 3.05) is 0 Å². The fourth-order valence-corrected chi connectivity index (χ4v) is 4.63. The first kappa shape index (κ1) is 23.0. The van der Waals surface area contributed by atoms with E-state index in [4.69, 9.17) is 0 Å². The number of thioether (sulfide) groups is 1. The van der Waals surface area contributed by atoms with Crippen molar-refractivity contribution in [2.45, 2.75) is 57.1 Å². The smallest absolute Gasteiger partial charge is 0.262 e. The number of nitrogens with zero attached hydrogens (tertiary/aromatic N) is 4. The van der Waals surface area contributed by atoms with Crippen LogP contribution >= 0.6 is 11.8 Å². The van der Waals surface area contributed by atoms with Gasteiger partial charge in [0.2, 0.25) is 11.7 Å². The number of nitrogens with one attached hydrogen (secondary N) is 1. The van der Waals surface area contributed by atoms with E-state index < -0.39 is 5.25 Å². The number of amides is 1. The summed E-state index contributed by atoms with van der Waals surface area (Å²) in [5, 5.41) is 12.6. The van der Waals surface area contributed by atoms with Gasteiger partial charge in [-0.3, -0.25) is 18.6 Å². The van der Waals surface area contributed by atoms with Gasteiger partial charge in [-0.1, -0.05) is 68.1 Å².